The second kappa shape index (κ2) is 7.12. The zero-order valence-corrected chi connectivity index (χ0v) is 15.2. The third-order valence-corrected chi connectivity index (χ3v) is 6.04. The van der Waals surface area contributed by atoms with Crippen LogP contribution in [0.2, 0.25) is 0 Å². The van der Waals surface area contributed by atoms with E-state index in [1.165, 1.54) is 12.0 Å². The predicted octanol–water partition coefficient (Wildman–Crippen LogP) is 1.41. The lowest BCUT2D eigenvalue weighted by Gasteiger charge is -2.44. The molecule has 1 unspecified atom stereocenters. The average Bonchev–Trinajstić information content (AvgIpc) is 2.60. The number of phenolic OH excluding ortho intramolecular Hbond substituents is 1. The van der Waals surface area contributed by atoms with E-state index >= 15 is 0 Å². The molecule has 1 saturated heterocycles. The van der Waals surface area contributed by atoms with Crippen molar-refractivity contribution in [3.8, 4) is 17.2 Å². The van der Waals surface area contributed by atoms with Gasteiger partial charge in [0, 0.05) is 36.3 Å². The van der Waals surface area contributed by atoms with Gasteiger partial charge in [-0.3, -0.25) is 4.79 Å². The molecule has 1 fully saturated rings. The molecule has 1 aromatic carbocycles. The molecule has 2 heterocycles. The van der Waals surface area contributed by atoms with Crippen molar-refractivity contribution in [1.82, 2.24) is 0 Å². The molecule has 3 N–H and O–H groups in total. The van der Waals surface area contributed by atoms with Crippen LogP contribution in [-0.4, -0.2) is 43.5 Å². The van der Waals surface area contributed by atoms with E-state index in [4.69, 9.17) is 9.47 Å². The Labute approximate surface area is 148 Å². The number of nitrogens with one attached hydrogen (secondary N) is 1. The maximum absolute atomic E-state index is 11.3. The quantitative estimate of drug-likeness (QED) is 0.748. The second-order valence-electron chi connectivity index (χ2n) is 7.21. The van der Waals surface area contributed by atoms with Gasteiger partial charge in [0.05, 0.1) is 27.3 Å². The van der Waals surface area contributed by atoms with Gasteiger partial charge in [0.2, 0.25) is 5.75 Å². The van der Waals surface area contributed by atoms with Gasteiger partial charge in [0.1, 0.15) is 6.04 Å². The second-order valence-corrected chi connectivity index (χ2v) is 7.21. The fraction of sp³-hybridized carbons (Fsp3) is 0.632. The van der Waals surface area contributed by atoms with Crippen LogP contribution >= 0.6 is 0 Å². The maximum atomic E-state index is 11.3. The van der Waals surface area contributed by atoms with E-state index in [9.17, 15) is 15.0 Å². The molecule has 0 aromatic heterocycles. The molecule has 0 saturated carbocycles. The summed E-state index contributed by atoms with van der Waals surface area (Å²) in [7, 11) is 3.10. The number of hydrogen-bond acceptors (Lipinski definition) is 4. The van der Waals surface area contributed by atoms with Crippen molar-refractivity contribution in [2.24, 2.45) is 11.8 Å². The van der Waals surface area contributed by atoms with E-state index in [0.29, 0.717) is 17.4 Å². The van der Waals surface area contributed by atoms with E-state index in [-0.39, 0.29) is 24.1 Å². The lowest BCUT2D eigenvalue weighted by Crippen LogP contribution is -3.15. The van der Waals surface area contributed by atoms with Gasteiger partial charge in [0.15, 0.2) is 11.5 Å². The zero-order chi connectivity index (χ0) is 18.1. The monoisotopic (exact) mass is 350 g/mol. The minimum Gasteiger partial charge on any atom is -0.504 e. The molecular weight excluding hydrogens is 322 g/mol. The van der Waals surface area contributed by atoms with E-state index in [0.717, 1.165) is 43.5 Å². The lowest BCUT2D eigenvalue weighted by molar-refractivity contribution is -0.944. The molecule has 0 amide bonds. The number of benzene rings is 1. The van der Waals surface area contributed by atoms with Crippen LogP contribution in [0, 0.1) is 11.8 Å². The van der Waals surface area contributed by atoms with Crippen LogP contribution in [0.1, 0.15) is 43.4 Å². The number of hydrogen-bond donors (Lipinski definition) is 3. The van der Waals surface area contributed by atoms with Crippen LogP contribution in [0.15, 0.2) is 6.07 Å². The number of piperidine rings is 1. The molecule has 0 aliphatic carbocycles. The van der Waals surface area contributed by atoms with E-state index in [1.807, 2.05) is 6.07 Å². The normalized spacial score (nSPS) is 28.0. The first-order valence-corrected chi connectivity index (χ1v) is 9.03. The zero-order valence-electron chi connectivity index (χ0n) is 15.2. The smallest absolute Gasteiger partial charge is 0.303 e. The molecule has 6 heteroatoms. The molecule has 6 nitrogen and oxygen atoms in total. The molecule has 2 aliphatic heterocycles. The molecular formula is C19H28NO5+. The van der Waals surface area contributed by atoms with Gasteiger partial charge in [0.25, 0.3) is 0 Å². The molecule has 0 bridgehead atoms. The summed E-state index contributed by atoms with van der Waals surface area (Å²) in [6, 6.07) is 2.18. The molecule has 25 heavy (non-hydrogen) atoms. The fourth-order valence-corrected chi connectivity index (χ4v) is 4.78. The Hall–Kier alpha value is -1.95. The van der Waals surface area contributed by atoms with E-state index in [1.54, 1.807) is 7.11 Å². The van der Waals surface area contributed by atoms with Crippen molar-refractivity contribution in [2.75, 3.05) is 27.3 Å². The number of phenols is 1. The van der Waals surface area contributed by atoms with Gasteiger partial charge in [-0.25, -0.2) is 0 Å². The fourth-order valence-electron chi connectivity index (χ4n) is 4.78. The molecule has 2 aliphatic rings. The number of rotatable bonds is 5. The first-order valence-electron chi connectivity index (χ1n) is 9.03. The Balaban J connectivity index is 1.99. The Bertz CT molecular complexity index is 660. The number of carboxylic acids is 1. The summed E-state index contributed by atoms with van der Waals surface area (Å²) in [5, 5.41) is 19.9. The third kappa shape index (κ3) is 3.15. The number of methoxy groups -OCH3 is 2. The summed E-state index contributed by atoms with van der Waals surface area (Å²) in [6.07, 6.45) is 2.87. The average molecular weight is 350 g/mol. The van der Waals surface area contributed by atoms with Crippen molar-refractivity contribution >= 4 is 5.97 Å². The maximum Gasteiger partial charge on any atom is 0.303 e. The summed E-state index contributed by atoms with van der Waals surface area (Å²) in [5.74, 6) is 0.984. The Kier molecular flexibility index (Phi) is 5.08. The lowest BCUT2D eigenvalue weighted by atomic mass is 9.74. The van der Waals surface area contributed by atoms with Gasteiger partial charge in [-0.15, -0.1) is 0 Å². The highest BCUT2D eigenvalue weighted by molar-refractivity contribution is 5.67. The summed E-state index contributed by atoms with van der Waals surface area (Å²) in [5.41, 5.74) is 2.01. The van der Waals surface area contributed by atoms with Crippen molar-refractivity contribution in [1.29, 1.82) is 0 Å². The number of aromatic hydroxyl groups is 1. The standard InChI is InChI=1S/C19H27NO5/c1-4-11-10-20-6-5-13-14(15(20)7-12(11)8-17(21)22)9-16(24-2)19(25-3)18(13)23/h9,11-12,15,23H,4-8,10H2,1-3H3,(H,21,22)/p+1/t11-,12+,15-/m0/s1. The van der Waals surface area contributed by atoms with Crippen molar-refractivity contribution in [3.05, 3.63) is 17.2 Å². The van der Waals surface area contributed by atoms with Crippen LogP contribution in [0.25, 0.3) is 0 Å². The highest BCUT2D eigenvalue weighted by Crippen LogP contribution is 2.45. The largest absolute Gasteiger partial charge is 0.504 e. The molecule has 0 spiro atoms. The Morgan fingerprint density at radius 3 is 2.68 bits per heavy atom. The summed E-state index contributed by atoms with van der Waals surface area (Å²) >= 11 is 0. The third-order valence-electron chi connectivity index (χ3n) is 6.04. The molecule has 0 radical (unpaired) electrons. The van der Waals surface area contributed by atoms with Crippen molar-refractivity contribution in [3.63, 3.8) is 0 Å². The first-order chi connectivity index (χ1) is 12.0. The Morgan fingerprint density at radius 2 is 2.08 bits per heavy atom. The molecule has 1 aromatic rings. The number of carboxylic acid groups (broad SMARTS) is 1. The van der Waals surface area contributed by atoms with Crippen molar-refractivity contribution in [2.45, 2.75) is 38.6 Å². The number of ether oxygens (including phenoxy) is 2. The van der Waals surface area contributed by atoms with Gasteiger partial charge in [-0.2, -0.15) is 0 Å². The van der Waals surface area contributed by atoms with Gasteiger partial charge in [-0.1, -0.05) is 6.92 Å². The molecule has 3 rings (SSSR count). The SMILES string of the molecule is CC[C@H]1C[NH+]2CCc3c(cc(OC)c(OC)c3O)[C@@H]2C[C@@H]1CC(=O)O. The van der Waals surface area contributed by atoms with Crippen LogP contribution in [0.3, 0.4) is 0 Å². The van der Waals surface area contributed by atoms with Crippen LogP contribution in [0.4, 0.5) is 0 Å². The topological polar surface area (TPSA) is 80.4 Å². The van der Waals surface area contributed by atoms with Gasteiger partial charge < -0.3 is 24.6 Å². The highest BCUT2D eigenvalue weighted by atomic mass is 16.5. The van der Waals surface area contributed by atoms with Gasteiger partial charge >= 0.3 is 5.97 Å². The van der Waals surface area contributed by atoms with Crippen LogP contribution in [-0.2, 0) is 11.2 Å². The first kappa shape index (κ1) is 17.9. The Morgan fingerprint density at radius 1 is 1.32 bits per heavy atom. The predicted molar refractivity (Wildman–Crippen MR) is 92.5 cm³/mol. The van der Waals surface area contributed by atoms with Crippen LogP contribution < -0.4 is 14.4 Å². The summed E-state index contributed by atoms with van der Waals surface area (Å²) in [4.78, 5) is 12.8. The summed E-state index contributed by atoms with van der Waals surface area (Å²) in [6.45, 7) is 4.10. The number of fused-ring (bicyclic) bond motifs is 3. The van der Waals surface area contributed by atoms with E-state index in [2.05, 4.69) is 6.92 Å². The summed E-state index contributed by atoms with van der Waals surface area (Å²) < 4.78 is 10.7. The molecule has 138 valence electrons. The van der Waals surface area contributed by atoms with Gasteiger partial charge in [-0.05, 0) is 18.4 Å². The van der Waals surface area contributed by atoms with Crippen LogP contribution in [0.5, 0.6) is 17.2 Å². The van der Waals surface area contributed by atoms with Crippen molar-refractivity contribution < 1.29 is 29.4 Å². The number of carbonyl (C=O) groups is 1. The number of aliphatic carboxylic acids is 1. The number of quaternary nitrogens is 1. The molecule has 4 atom stereocenters. The minimum atomic E-state index is -0.724. The van der Waals surface area contributed by atoms with E-state index < -0.39 is 5.97 Å². The minimum absolute atomic E-state index is 0.170. The highest BCUT2D eigenvalue weighted by Gasteiger charge is 2.43.